The highest BCUT2D eigenvalue weighted by Gasteiger charge is 2.40. The van der Waals surface area contributed by atoms with Crippen molar-refractivity contribution in [1.29, 1.82) is 0 Å². The minimum atomic E-state index is -3.95. The van der Waals surface area contributed by atoms with Gasteiger partial charge >= 0.3 is 5.97 Å². The molecule has 1 aromatic rings. The Labute approximate surface area is 137 Å². The van der Waals surface area contributed by atoms with Crippen LogP contribution in [-0.4, -0.2) is 50.6 Å². The molecule has 1 heterocycles. The van der Waals surface area contributed by atoms with Gasteiger partial charge in [0.15, 0.2) is 11.5 Å². The van der Waals surface area contributed by atoms with Crippen molar-refractivity contribution in [3.8, 4) is 11.5 Å². The summed E-state index contributed by atoms with van der Waals surface area (Å²) >= 11 is 3.20. The smallest absolute Gasteiger partial charge is 0.322 e. The summed E-state index contributed by atoms with van der Waals surface area (Å²) in [4.78, 5) is 11.2. The van der Waals surface area contributed by atoms with E-state index in [1.54, 1.807) is 0 Å². The molecule has 1 N–H and O–H groups in total. The van der Waals surface area contributed by atoms with Gasteiger partial charge in [0.1, 0.15) is 10.9 Å². The minimum Gasteiger partial charge on any atom is -0.493 e. The van der Waals surface area contributed by atoms with Crippen LogP contribution in [0.15, 0.2) is 21.5 Å². The fraction of sp³-hybridized carbons (Fsp3) is 0.462. The molecule has 1 aliphatic rings. The zero-order valence-electron chi connectivity index (χ0n) is 12.1. The summed E-state index contributed by atoms with van der Waals surface area (Å²) in [6, 6.07) is 1.78. The Morgan fingerprint density at radius 3 is 2.45 bits per heavy atom. The molecule has 1 atom stereocenters. The first-order valence-electron chi connectivity index (χ1n) is 6.49. The van der Waals surface area contributed by atoms with Crippen molar-refractivity contribution in [2.45, 2.75) is 23.8 Å². The number of aliphatic carboxylic acids is 1. The minimum absolute atomic E-state index is 0.0432. The van der Waals surface area contributed by atoms with E-state index in [-0.39, 0.29) is 17.2 Å². The lowest BCUT2D eigenvalue weighted by Gasteiger charge is -2.22. The Balaban J connectivity index is 2.52. The number of nitrogens with zero attached hydrogens (tertiary/aromatic N) is 1. The van der Waals surface area contributed by atoms with E-state index in [4.69, 9.17) is 9.47 Å². The number of ether oxygens (including phenoxy) is 2. The number of sulfonamides is 1. The normalized spacial score (nSPS) is 19.1. The van der Waals surface area contributed by atoms with Gasteiger partial charge in [0.25, 0.3) is 0 Å². The number of carboxylic acids is 1. The van der Waals surface area contributed by atoms with Crippen molar-refractivity contribution in [3.05, 3.63) is 16.6 Å². The van der Waals surface area contributed by atoms with Crippen LogP contribution in [0.3, 0.4) is 0 Å². The highest BCUT2D eigenvalue weighted by Crippen LogP contribution is 2.38. The lowest BCUT2D eigenvalue weighted by Crippen LogP contribution is -2.40. The molecule has 22 heavy (non-hydrogen) atoms. The molecule has 2 rings (SSSR count). The first-order chi connectivity index (χ1) is 10.3. The molecule has 1 aromatic carbocycles. The molecule has 9 heteroatoms. The summed E-state index contributed by atoms with van der Waals surface area (Å²) in [5.74, 6) is -0.502. The van der Waals surface area contributed by atoms with E-state index < -0.39 is 22.0 Å². The summed E-state index contributed by atoms with van der Waals surface area (Å²) in [6.07, 6.45) is 0.820. The number of methoxy groups -OCH3 is 2. The molecule has 0 aromatic heterocycles. The van der Waals surface area contributed by atoms with Crippen molar-refractivity contribution < 1.29 is 27.8 Å². The van der Waals surface area contributed by atoms with Gasteiger partial charge in [-0.15, -0.1) is 0 Å². The van der Waals surface area contributed by atoms with Crippen LogP contribution in [0.25, 0.3) is 0 Å². The van der Waals surface area contributed by atoms with Crippen LogP contribution in [0.4, 0.5) is 0 Å². The third kappa shape index (κ3) is 2.92. The highest BCUT2D eigenvalue weighted by atomic mass is 79.9. The summed E-state index contributed by atoms with van der Waals surface area (Å²) in [7, 11) is -1.11. The highest BCUT2D eigenvalue weighted by molar-refractivity contribution is 9.10. The Morgan fingerprint density at radius 2 is 1.91 bits per heavy atom. The van der Waals surface area contributed by atoms with Gasteiger partial charge in [-0.05, 0) is 34.8 Å². The number of hydrogen-bond acceptors (Lipinski definition) is 5. The van der Waals surface area contributed by atoms with Gasteiger partial charge in [0, 0.05) is 17.1 Å². The van der Waals surface area contributed by atoms with Crippen molar-refractivity contribution in [3.63, 3.8) is 0 Å². The zero-order chi connectivity index (χ0) is 16.5. The molecular weight excluding hydrogens is 378 g/mol. The number of carboxylic acid groups (broad SMARTS) is 1. The molecule has 0 spiro atoms. The lowest BCUT2D eigenvalue weighted by molar-refractivity contribution is -0.140. The quantitative estimate of drug-likeness (QED) is 0.817. The first-order valence-corrected chi connectivity index (χ1v) is 8.72. The second-order valence-electron chi connectivity index (χ2n) is 4.75. The molecule has 122 valence electrons. The van der Waals surface area contributed by atoms with Crippen LogP contribution in [0.1, 0.15) is 12.8 Å². The topological polar surface area (TPSA) is 93.1 Å². The van der Waals surface area contributed by atoms with Crippen molar-refractivity contribution in [2.24, 2.45) is 0 Å². The molecule has 7 nitrogen and oxygen atoms in total. The van der Waals surface area contributed by atoms with E-state index in [1.807, 2.05) is 0 Å². The molecule has 0 unspecified atom stereocenters. The van der Waals surface area contributed by atoms with Gasteiger partial charge < -0.3 is 14.6 Å². The van der Waals surface area contributed by atoms with Crippen molar-refractivity contribution in [2.75, 3.05) is 20.8 Å². The number of carbonyl (C=O) groups is 1. The Kier molecular flexibility index (Phi) is 4.98. The summed E-state index contributed by atoms with van der Waals surface area (Å²) < 4.78 is 37.1. The first kappa shape index (κ1) is 17.0. The number of benzene rings is 1. The summed E-state index contributed by atoms with van der Waals surface area (Å²) in [5, 5.41) is 9.18. The van der Waals surface area contributed by atoms with E-state index in [2.05, 4.69) is 15.9 Å². The monoisotopic (exact) mass is 393 g/mol. The van der Waals surface area contributed by atoms with Gasteiger partial charge in [-0.3, -0.25) is 4.79 Å². The number of hydrogen-bond donors (Lipinski definition) is 1. The van der Waals surface area contributed by atoms with Crippen LogP contribution >= 0.6 is 15.9 Å². The summed E-state index contributed by atoms with van der Waals surface area (Å²) in [6.45, 7) is 0.181. The van der Waals surface area contributed by atoms with Crippen LogP contribution < -0.4 is 9.47 Å². The molecular formula is C13H16BrNO6S. The van der Waals surface area contributed by atoms with Crippen LogP contribution in [0.5, 0.6) is 11.5 Å². The van der Waals surface area contributed by atoms with Gasteiger partial charge in [0.05, 0.1) is 14.2 Å². The largest absolute Gasteiger partial charge is 0.493 e. The van der Waals surface area contributed by atoms with Gasteiger partial charge in [-0.1, -0.05) is 0 Å². The third-order valence-electron chi connectivity index (χ3n) is 3.51. The summed E-state index contributed by atoms with van der Waals surface area (Å²) in [5.41, 5.74) is 0. The van der Waals surface area contributed by atoms with Crippen LogP contribution in [-0.2, 0) is 14.8 Å². The van der Waals surface area contributed by atoms with E-state index >= 15 is 0 Å². The Morgan fingerprint density at radius 1 is 1.32 bits per heavy atom. The second kappa shape index (κ2) is 6.43. The molecule has 0 radical (unpaired) electrons. The van der Waals surface area contributed by atoms with E-state index in [0.29, 0.717) is 23.1 Å². The van der Waals surface area contributed by atoms with Crippen molar-refractivity contribution in [1.82, 2.24) is 4.31 Å². The number of rotatable bonds is 5. The van der Waals surface area contributed by atoms with Gasteiger partial charge in [-0.25, -0.2) is 8.42 Å². The second-order valence-corrected chi connectivity index (χ2v) is 7.46. The maximum atomic E-state index is 12.8. The Bertz CT molecular complexity index is 690. The van der Waals surface area contributed by atoms with E-state index in [0.717, 1.165) is 4.31 Å². The van der Waals surface area contributed by atoms with E-state index in [9.17, 15) is 18.3 Å². The van der Waals surface area contributed by atoms with Crippen LogP contribution in [0.2, 0.25) is 0 Å². The van der Waals surface area contributed by atoms with Crippen molar-refractivity contribution >= 4 is 31.9 Å². The fourth-order valence-corrected chi connectivity index (χ4v) is 5.08. The SMILES string of the molecule is COc1cc(Br)c(S(=O)(=O)N2CCC[C@@H]2C(=O)O)cc1OC. The van der Waals surface area contributed by atoms with E-state index in [1.165, 1.54) is 26.4 Å². The Hall–Kier alpha value is -1.32. The molecule has 0 saturated carbocycles. The average Bonchev–Trinajstić information content (AvgIpc) is 2.97. The molecule has 1 aliphatic heterocycles. The number of halogens is 1. The zero-order valence-corrected chi connectivity index (χ0v) is 14.5. The predicted octanol–water partition coefficient (Wildman–Crippen LogP) is 1.70. The van der Waals surface area contributed by atoms with Gasteiger partial charge in [-0.2, -0.15) is 4.31 Å². The molecule has 1 fully saturated rings. The standard InChI is InChI=1S/C13H16BrNO6S/c1-20-10-6-8(14)12(7-11(10)21-2)22(18,19)15-5-3-4-9(15)13(16)17/h6-7,9H,3-5H2,1-2H3,(H,16,17)/t9-/m1/s1. The lowest BCUT2D eigenvalue weighted by atomic mass is 10.2. The fourth-order valence-electron chi connectivity index (χ4n) is 2.43. The predicted molar refractivity (Wildman–Crippen MR) is 81.8 cm³/mol. The molecule has 0 aliphatic carbocycles. The molecule has 0 amide bonds. The van der Waals surface area contributed by atoms with Gasteiger partial charge in [0.2, 0.25) is 10.0 Å². The third-order valence-corrected chi connectivity index (χ3v) is 6.38. The molecule has 0 bridgehead atoms. The maximum Gasteiger partial charge on any atom is 0.322 e. The average molecular weight is 394 g/mol. The van der Waals surface area contributed by atoms with Crippen LogP contribution in [0, 0.1) is 0 Å². The maximum absolute atomic E-state index is 12.8. The molecule has 1 saturated heterocycles.